The maximum atomic E-state index is 12.1. The van der Waals surface area contributed by atoms with Crippen LogP contribution in [-0.2, 0) is 22.6 Å². The molecule has 0 aliphatic heterocycles. The van der Waals surface area contributed by atoms with E-state index in [9.17, 15) is 4.79 Å². The molecule has 1 aliphatic rings. The van der Waals surface area contributed by atoms with Crippen molar-refractivity contribution in [3.05, 3.63) is 59.7 Å². The van der Waals surface area contributed by atoms with Crippen LogP contribution in [0.4, 0.5) is 11.4 Å². The molecule has 1 aliphatic carbocycles. The van der Waals surface area contributed by atoms with Crippen LogP contribution in [0, 0.1) is 5.92 Å². The molecule has 4 heteroatoms. The molecule has 1 saturated carbocycles. The van der Waals surface area contributed by atoms with Gasteiger partial charge in [-0.05, 0) is 54.2 Å². The summed E-state index contributed by atoms with van der Waals surface area (Å²) < 4.78 is 5.69. The Bertz CT molecular complexity index is 663. The van der Waals surface area contributed by atoms with Crippen LogP contribution >= 0.6 is 0 Å². The van der Waals surface area contributed by atoms with E-state index >= 15 is 0 Å². The maximum absolute atomic E-state index is 12.1. The zero-order valence-corrected chi connectivity index (χ0v) is 13.1. The number of rotatable bonds is 7. The fourth-order valence-electron chi connectivity index (χ4n) is 2.39. The molecule has 0 radical (unpaired) electrons. The monoisotopic (exact) mass is 310 g/mol. The number of carbonyl (C=O) groups is 1. The molecule has 0 aromatic heterocycles. The summed E-state index contributed by atoms with van der Waals surface area (Å²) in [4.78, 5) is 12.1. The van der Waals surface area contributed by atoms with E-state index in [4.69, 9.17) is 10.5 Å². The summed E-state index contributed by atoms with van der Waals surface area (Å²) in [5.41, 5.74) is 9.18. The normalized spacial score (nSPS) is 13.7. The SMILES string of the molecule is Nc1ccc(CC(=O)Nc2cccc(COCC3CC3)c2)cc1. The number of anilines is 2. The van der Waals surface area contributed by atoms with Crippen molar-refractivity contribution in [1.82, 2.24) is 0 Å². The van der Waals surface area contributed by atoms with Crippen molar-refractivity contribution < 1.29 is 9.53 Å². The van der Waals surface area contributed by atoms with Gasteiger partial charge in [-0.15, -0.1) is 0 Å². The van der Waals surface area contributed by atoms with Gasteiger partial charge < -0.3 is 15.8 Å². The van der Waals surface area contributed by atoms with E-state index in [2.05, 4.69) is 5.32 Å². The first kappa shape index (κ1) is 15.6. The molecular formula is C19H22N2O2. The maximum Gasteiger partial charge on any atom is 0.228 e. The highest BCUT2D eigenvalue weighted by molar-refractivity contribution is 5.92. The molecular weight excluding hydrogens is 288 g/mol. The average molecular weight is 310 g/mol. The van der Waals surface area contributed by atoms with E-state index in [0.717, 1.165) is 29.3 Å². The number of hydrogen-bond donors (Lipinski definition) is 2. The lowest BCUT2D eigenvalue weighted by Gasteiger charge is -2.08. The van der Waals surface area contributed by atoms with E-state index in [1.165, 1.54) is 12.8 Å². The van der Waals surface area contributed by atoms with E-state index in [0.29, 0.717) is 18.7 Å². The zero-order chi connectivity index (χ0) is 16.1. The minimum atomic E-state index is -0.0363. The van der Waals surface area contributed by atoms with Crippen molar-refractivity contribution in [2.45, 2.75) is 25.9 Å². The lowest BCUT2D eigenvalue weighted by molar-refractivity contribution is -0.115. The molecule has 3 N–H and O–H groups in total. The topological polar surface area (TPSA) is 64.4 Å². The number of amides is 1. The number of nitrogen functional groups attached to an aromatic ring is 1. The van der Waals surface area contributed by atoms with Gasteiger partial charge in [-0.25, -0.2) is 0 Å². The molecule has 1 fully saturated rings. The Hall–Kier alpha value is -2.33. The van der Waals surface area contributed by atoms with Crippen molar-refractivity contribution in [2.75, 3.05) is 17.7 Å². The van der Waals surface area contributed by atoms with Gasteiger partial charge in [-0.2, -0.15) is 0 Å². The van der Waals surface area contributed by atoms with Crippen molar-refractivity contribution in [1.29, 1.82) is 0 Å². The van der Waals surface area contributed by atoms with E-state index < -0.39 is 0 Å². The van der Waals surface area contributed by atoms with Gasteiger partial charge in [0.05, 0.1) is 13.0 Å². The minimum absolute atomic E-state index is 0.0363. The Balaban J connectivity index is 1.51. The zero-order valence-electron chi connectivity index (χ0n) is 13.1. The van der Waals surface area contributed by atoms with E-state index in [1.54, 1.807) is 12.1 Å². The summed E-state index contributed by atoms with van der Waals surface area (Å²) in [6, 6.07) is 15.2. The highest BCUT2D eigenvalue weighted by atomic mass is 16.5. The molecule has 2 aromatic rings. The van der Waals surface area contributed by atoms with Gasteiger partial charge in [0.2, 0.25) is 5.91 Å². The Labute approximate surface area is 136 Å². The predicted molar refractivity (Wildman–Crippen MR) is 92.0 cm³/mol. The van der Waals surface area contributed by atoms with Crippen molar-refractivity contribution in [2.24, 2.45) is 5.92 Å². The average Bonchev–Trinajstić information content (AvgIpc) is 3.34. The summed E-state index contributed by atoms with van der Waals surface area (Å²) >= 11 is 0. The van der Waals surface area contributed by atoms with Gasteiger partial charge in [-0.3, -0.25) is 4.79 Å². The lowest BCUT2D eigenvalue weighted by atomic mass is 10.1. The smallest absolute Gasteiger partial charge is 0.228 e. The Morgan fingerprint density at radius 1 is 1.13 bits per heavy atom. The third-order valence-electron chi connectivity index (χ3n) is 3.87. The van der Waals surface area contributed by atoms with Crippen molar-refractivity contribution >= 4 is 17.3 Å². The van der Waals surface area contributed by atoms with Gasteiger partial charge in [0.1, 0.15) is 0 Å². The van der Waals surface area contributed by atoms with E-state index in [-0.39, 0.29) is 5.91 Å². The highest BCUT2D eigenvalue weighted by Gasteiger charge is 2.21. The van der Waals surface area contributed by atoms with Crippen LogP contribution in [0.2, 0.25) is 0 Å². The van der Waals surface area contributed by atoms with Crippen LogP contribution in [-0.4, -0.2) is 12.5 Å². The molecule has 0 unspecified atom stereocenters. The summed E-state index contributed by atoms with van der Waals surface area (Å²) in [7, 11) is 0. The van der Waals surface area contributed by atoms with Gasteiger partial charge in [-0.1, -0.05) is 24.3 Å². The molecule has 1 amide bonds. The fraction of sp³-hybridized carbons (Fsp3) is 0.316. The number of hydrogen-bond acceptors (Lipinski definition) is 3. The first-order valence-corrected chi connectivity index (χ1v) is 8.00. The lowest BCUT2D eigenvalue weighted by Crippen LogP contribution is -2.14. The molecule has 0 spiro atoms. The second kappa shape index (κ2) is 7.29. The van der Waals surface area contributed by atoms with Crippen LogP contribution in [0.5, 0.6) is 0 Å². The second-order valence-corrected chi connectivity index (χ2v) is 6.13. The summed E-state index contributed by atoms with van der Waals surface area (Å²) in [5, 5.41) is 2.93. The molecule has 23 heavy (non-hydrogen) atoms. The predicted octanol–water partition coefficient (Wildman–Crippen LogP) is 3.38. The van der Waals surface area contributed by atoms with Gasteiger partial charge in [0, 0.05) is 18.0 Å². The molecule has 0 saturated heterocycles. The summed E-state index contributed by atoms with van der Waals surface area (Å²) in [5.74, 6) is 0.726. The van der Waals surface area contributed by atoms with Crippen LogP contribution < -0.4 is 11.1 Å². The summed E-state index contributed by atoms with van der Waals surface area (Å²) in [6.07, 6.45) is 2.92. The van der Waals surface area contributed by atoms with E-state index in [1.807, 2.05) is 36.4 Å². The Morgan fingerprint density at radius 3 is 2.65 bits per heavy atom. The first-order valence-electron chi connectivity index (χ1n) is 8.00. The fourth-order valence-corrected chi connectivity index (χ4v) is 2.39. The second-order valence-electron chi connectivity index (χ2n) is 6.13. The molecule has 3 rings (SSSR count). The molecule has 0 heterocycles. The molecule has 0 atom stereocenters. The number of ether oxygens (including phenoxy) is 1. The van der Waals surface area contributed by atoms with Crippen molar-refractivity contribution in [3.63, 3.8) is 0 Å². The van der Waals surface area contributed by atoms with Crippen LogP contribution in [0.25, 0.3) is 0 Å². The number of benzene rings is 2. The van der Waals surface area contributed by atoms with Crippen molar-refractivity contribution in [3.8, 4) is 0 Å². The first-order chi connectivity index (χ1) is 11.2. The summed E-state index contributed by atoms with van der Waals surface area (Å²) in [6.45, 7) is 1.44. The number of nitrogens with one attached hydrogen (secondary N) is 1. The van der Waals surface area contributed by atoms with Gasteiger partial charge in [0.15, 0.2) is 0 Å². The van der Waals surface area contributed by atoms with Gasteiger partial charge >= 0.3 is 0 Å². The third kappa shape index (κ3) is 5.11. The Kier molecular flexibility index (Phi) is 4.93. The molecule has 2 aromatic carbocycles. The number of nitrogens with two attached hydrogens (primary N) is 1. The van der Waals surface area contributed by atoms with Crippen LogP contribution in [0.1, 0.15) is 24.0 Å². The third-order valence-corrected chi connectivity index (χ3v) is 3.87. The van der Waals surface area contributed by atoms with Crippen LogP contribution in [0.3, 0.4) is 0 Å². The molecule has 0 bridgehead atoms. The Morgan fingerprint density at radius 2 is 1.91 bits per heavy atom. The highest BCUT2D eigenvalue weighted by Crippen LogP contribution is 2.29. The number of carbonyl (C=O) groups excluding carboxylic acids is 1. The van der Waals surface area contributed by atoms with Crippen LogP contribution in [0.15, 0.2) is 48.5 Å². The molecule has 120 valence electrons. The molecule has 4 nitrogen and oxygen atoms in total. The minimum Gasteiger partial charge on any atom is -0.399 e. The quantitative estimate of drug-likeness (QED) is 0.771. The standard InChI is InChI=1S/C19H22N2O2/c20-17-8-6-14(7-9-17)11-19(22)21-18-3-1-2-16(10-18)13-23-12-15-4-5-15/h1-3,6-10,15H,4-5,11-13,20H2,(H,21,22). The van der Waals surface area contributed by atoms with Gasteiger partial charge in [0.25, 0.3) is 0 Å². The largest absolute Gasteiger partial charge is 0.399 e.